The summed E-state index contributed by atoms with van der Waals surface area (Å²) in [5, 5.41) is 3.85. The maximum Gasteiger partial charge on any atom is 0.316 e. The molecule has 0 radical (unpaired) electrons. The van der Waals surface area contributed by atoms with Crippen molar-refractivity contribution in [1.29, 1.82) is 0 Å². The average molecular weight is 455 g/mol. The lowest BCUT2D eigenvalue weighted by molar-refractivity contribution is -0.143. The fourth-order valence-corrected chi connectivity index (χ4v) is 3.94. The molecule has 0 saturated carbocycles. The van der Waals surface area contributed by atoms with E-state index >= 15 is 0 Å². The molecule has 0 aromatic heterocycles. The number of esters is 2. The van der Waals surface area contributed by atoms with Crippen LogP contribution in [0.15, 0.2) is 72.8 Å². The predicted octanol–water partition coefficient (Wildman–Crippen LogP) is 7.71. The van der Waals surface area contributed by atoms with E-state index in [-0.39, 0.29) is 11.9 Å². The van der Waals surface area contributed by atoms with Crippen LogP contribution < -0.4 is 9.47 Å². The first kappa shape index (κ1) is 23.5. The summed E-state index contributed by atoms with van der Waals surface area (Å²) in [6.07, 6.45) is 2.03. The second kappa shape index (κ2) is 9.68. The summed E-state index contributed by atoms with van der Waals surface area (Å²) >= 11 is 0. The zero-order valence-electron chi connectivity index (χ0n) is 20.2. The van der Waals surface area contributed by atoms with Crippen LogP contribution in [0.5, 0.6) is 11.5 Å². The van der Waals surface area contributed by atoms with Gasteiger partial charge >= 0.3 is 11.9 Å². The molecular formula is C30H30O4. The molecule has 34 heavy (non-hydrogen) atoms. The van der Waals surface area contributed by atoms with E-state index in [9.17, 15) is 9.59 Å². The Balaban J connectivity index is 2.00. The van der Waals surface area contributed by atoms with E-state index in [1.165, 1.54) is 0 Å². The standard InChI is InChI=1S/C30H30O4/c1-5-6-15-26(31)33-24-18-16-20-11-7-9-13-22(20)27(24)28-23-14-10-8-12-21(23)17-19-25(28)34-29(32)30(2,3)4/h7-14,16-19H,5-6,15H2,1-4H3. The van der Waals surface area contributed by atoms with Gasteiger partial charge in [0.05, 0.1) is 5.41 Å². The fourth-order valence-electron chi connectivity index (χ4n) is 3.94. The van der Waals surface area contributed by atoms with Gasteiger partial charge in [0.2, 0.25) is 0 Å². The number of carbonyl (C=O) groups is 2. The van der Waals surface area contributed by atoms with Crippen LogP contribution in [0.25, 0.3) is 32.7 Å². The third kappa shape index (κ3) is 4.81. The predicted molar refractivity (Wildman–Crippen MR) is 137 cm³/mol. The summed E-state index contributed by atoms with van der Waals surface area (Å²) in [7, 11) is 0. The number of unbranched alkanes of at least 4 members (excludes halogenated alkanes) is 1. The second-order valence-corrected chi connectivity index (χ2v) is 9.54. The van der Waals surface area contributed by atoms with Crippen LogP contribution in [0.1, 0.15) is 47.0 Å². The molecule has 0 amide bonds. The maximum absolute atomic E-state index is 12.9. The first-order chi connectivity index (χ1) is 16.3. The van der Waals surface area contributed by atoms with Gasteiger partial charge in [-0.2, -0.15) is 0 Å². The number of fused-ring (bicyclic) bond motifs is 2. The van der Waals surface area contributed by atoms with Gasteiger partial charge in [0, 0.05) is 17.5 Å². The normalized spacial score (nSPS) is 11.5. The van der Waals surface area contributed by atoms with E-state index in [1.54, 1.807) is 0 Å². The molecule has 0 aliphatic heterocycles. The van der Waals surface area contributed by atoms with E-state index < -0.39 is 5.41 Å². The minimum absolute atomic E-state index is 0.271. The summed E-state index contributed by atoms with van der Waals surface area (Å²) in [6, 6.07) is 23.5. The van der Waals surface area contributed by atoms with Gasteiger partial charge in [-0.25, -0.2) is 0 Å². The highest BCUT2D eigenvalue weighted by Crippen LogP contribution is 2.46. The fraction of sp³-hybridized carbons (Fsp3) is 0.267. The Bertz CT molecular complexity index is 1360. The molecule has 0 saturated heterocycles. The Kier molecular flexibility index (Phi) is 6.69. The molecule has 4 aromatic carbocycles. The van der Waals surface area contributed by atoms with Gasteiger partial charge in [-0.1, -0.05) is 74.0 Å². The molecule has 0 heterocycles. The van der Waals surface area contributed by atoms with Crippen molar-refractivity contribution in [3.05, 3.63) is 72.8 Å². The number of benzene rings is 4. The zero-order chi connectivity index (χ0) is 24.3. The van der Waals surface area contributed by atoms with Gasteiger partial charge in [0.15, 0.2) is 0 Å². The van der Waals surface area contributed by atoms with Crippen molar-refractivity contribution in [2.75, 3.05) is 0 Å². The van der Waals surface area contributed by atoms with Gasteiger partial charge < -0.3 is 9.47 Å². The first-order valence-corrected chi connectivity index (χ1v) is 11.8. The molecule has 0 bridgehead atoms. The quantitative estimate of drug-likeness (QED) is 0.221. The smallest absolute Gasteiger partial charge is 0.316 e. The van der Waals surface area contributed by atoms with E-state index in [0.717, 1.165) is 45.5 Å². The van der Waals surface area contributed by atoms with Crippen LogP contribution in [0.2, 0.25) is 0 Å². The minimum Gasteiger partial charge on any atom is -0.426 e. The molecule has 0 fully saturated rings. The van der Waals surface area contributed by atoms with Crippen LogP contribution in [0.3, 0.4) is 0 Å². The monoisotopic (exact) mass is 454 g/mol. The van der Waals surface area contributed by atoms with Crippen molar-refractivity contribution in [1.82, 2.24) is 0 Å². The molecule has 4 rings (SSSR count). The van der Waals surface area contributed by atoms with Gasteiger partial charge in [0.25, 0.3) is 0 Å². The lowest BCUT2D eigenvalue weighted by Gasteiger charge is -2.21. The first-order valence-electron chi connectivity index (χ1n) is 11.8. The third-order valence-corrected chi connectivity index (χ3v) is 5.80. The van der Waals surface area contributed by atoms with Crippen LogP contribution in [-0.2, 0) is 9.59 Å². The molecule has 4 heteroatoms. The van der Waals surface area contributed by atoms with Crippen molar-refractivity contribution < 1.29 is 19.1 Å². The summed E-state index contributed by atoms with van der Waals surface area (Å²) < 4.78 is 11.9. The SMILES string of the molecule is CCCCC(=O)Oc1ccc2ccccc2c1-c1c(OC(=O)C(C)(C)C)ccc2ccccc12. The molecule has 0 unspecified atom stereocenters. The highest BCUT2D eigenvalue weighted by Gasteiger charge is 2.27. The number of carbonyl (C=O) groups excluding carboxylic acids is 2. The van der Waals surface area contributed by atoms with E-state index in [0.29, 0.717) is 17.9 Å². The lowest BCUT2D eigenvalue weighted by atomic mass is 9.92. The Morgan fingerprint density at radius 3 is 1.71 bits per heavy atom. The molecule has 0 atom stereocenters. The third-order valence-electron chi connectivity index (χ3n) is 5.80. The summed E-state index contributed by atoms with van der Waals surface area (Å²) in [5.74, 6) is 0.308. The highest BCUT2D eigenvalue weighted by atomic mass is 16.5. The van der Waals surface area contributed by atoms with Gasteiger partial charge in [-0.05, 0) is 60.9 Å². The van der Waals surface area contributed by atoms with E-state index in [4.69, 9.17) is 9.47 Å². The molecular weight excluding hydrogens is 424 g/mol. The largest absolute Gasteiger partial charge is 0.426 e. The van der Waals surface area contributed by atoms with Gasteiger partial charge in [-0.15, -0.1) is 0 Å². The number of hydrogen-bond donors (Lipinski definition) is 0. The highest BCUT2D eigenvalue weighted by molar-refractivity contribution is 6.10. The molecule has 174 valence electrons. The van der Waals surface area contributed by atoms with Gasteiger partial charge in [-0.3, -0.25) is 9.59 Å². The van der Waals surface area contributed by atoms with Crippen LogP contribution >= 0.6 is 0 Å². The summed E-state index contributed by atoms with van der Waals surface area (Å²) in [5.41, 5.74) is 0.819. The van der Waals surface area contributed by atoms with Crippen molar-refractivity contribution in [2.45, 2.75) is 47.0 Å². The molecule has 0 N–H and O–H groups in total. The second-order valence-electron chi connectivity index (χ2n) is 9.54. The van der Waals surface area contributed by atoms with Crippen LogP contribution in [0, 0.1) is 5.41 Å². The molecule has 0 aliphatic carbocycles. The Labute approximate surface area is 200 Å². The number of ether oxygens (including phenoxy) is 2. The van der Waals surface area contributed by atoms with E-state index in [1.807, 2.05) is 100 Å². The Morgan fingerprint density at radius 1 is 0.706 bits per heavy atom. The minimum atomic E-state index is -0.670. The zero-order valence-corrected chi connectivity index (χ0v) is 20.2. The van der Waals surface area contributed by atoms with Crippen LogP contribution in [-0.4, -0.2) is 11.9 Å². The summed E-state index contributed by atoms with van der Waals surface area (Å²) in [6.45, 7) is 7.53. The molecule has 4 nitrogen and oxygen atoms in total. The average Bonchev–Trinajstić information content (AvgIpc) is 2.82. The van der Waals surface area contributed by atoms with Crippen molar-refractivity contribution in [3.8, 4) is 22.6 Å². The van der Waals surface area contributed by atoms with Crippen molar-refractivity contribution >= 4 is 33.5 Å². The maximum atomic E-state index is 12.9. The molecule has 0 spiro atoms. The summed E-state index contributed by atoms with van der Waals surface area (Å²) in [4.78, 5) is 25.5. The molecule has 4 aromatic rings. The van der Waals surface area contributed by atoms with E-state index in [2.05, 4.69) is 0 Å². The Hall–Kier alpha value is -3.66. The van der Waals surface area contributed by atoms with Crippen molar-refractivity contribution in [2.24, 2.45) is 5.41 Å². The molecule has 0 aliphatic rings. The lowest BCUT2D eigenvalue weighted by Crippen LogP contribution is -2.25. The topological polar surface area (TPSA) is 52.6 Å². The number of rotatable bonds is 6. The van der Waals surface area contributed by atoms with Gasteiger partial charge in [0.1, 0.15) is 11.5 Å². The Morgan fingerprint density at radius 2 is 1.21 bits per heavy atom. The van der Waals surface area contributed by atoms with Crippen LogP contribution in [0.4, 0.5) is 0 Å². The van der Waals surface area contributed by atoms with Crippen molar-refractivity contribution in [3.63, 3.8) is 0 Å². The number of hydrogen-bond acceptors (Lipinski definition) is 4.